The Labute approximate surface area is 66.4 Å². The number of carbonyl (C=O) groups excluding carboxylic acids is 1. The third kappa shape index (κ3) is 2.01. The Balaban J connectivity index is 2.43. The van der Waals surface area contributed by atoms with E-state index in [9.17, 15) is 9.90 Å². The molecule has 1 rings (SSSR count). The molecule has 11 heavy (non-hydrogen) atoms. The first-order valence-corrected chi connectivity index (χ1v) is 3.94. The monoisotopic (exact) mass is 158 g/mol. The van der Waals surface area contributed by atoms with Crippen LogP contribution in [0.4, 0.5) is 0 Å². The van der Waals surface area contributed by atoms with Crippen LogP contribution in [-0.2, 0) is 9.53 Å². The summed E-state index contributed by atoms with van der Waals surface area (Å²) in [4.78, 5) is 10.4. The number of aliphatic hydroxyl groups excluding tert-OH is 1. The fraction of sp³-hybridized carbons (Fsp3) is 0.875. The van der Waals surface area contributed by atoms with Gasteiger partial charge in [-0.25, -0.2) is 0 Å². The van der Waals surface area contributed by atoms with E-state index >= 15 is 0 Å². The Morgan fingerprint density at radius 1 is 1.55 bits per heavy atom. The average molecular weight is 158 g/mol. The molecule has 0 amide bonds. The molecule has 64 valence electrons. The van der Waals surface area contributed by atoms with Gasteiger partial charge in [0.05, 0.1) is 12.2 Å². The number of hydrogen-bond donors (Lipinski definition) is 1. The van der Waals surface area contributed by atoms with E-state index in [2.05, 4.69) is 0 Å². The molecule has 0 saturated heterocycles. The Hall–Kier alpha value is -0.410. The minimum atomic E-state index is -0.379. The van der Waals surface area contributed by atoms with Crippen LogP contribution in [-0.4, -0.2) is 30.7 Å². The number of aliphatic hydroxyl groups is 1. The molecule has 3 atom stereocenters. The van der Waals surface area contributed by atoms with Gasteiger partial charge >= 0.3 is 0 Å². The third-order valence-corrected chi connectivity index (χ3v) is 2.29. The van der Waals surface area contributed by atoms with Gasteiger partial charge in [-0.2, -0.15) is 0 Å². The molecular formula is C8H14O3. The van der Waals surface area contributed by atoms with Crippen molar-refractivity contribution in [3.05, 3.63) is 0 Å². The number of ether oxygens (including phenoxy) is 1. The molecule has 0 aromatic rings. The molecule has 0 radical (unpaired) electrons. The van der Waals surface area contributed by atoms with Gasteiger partial charge in [0.2, 0.25) is 0 Å². The van der Waals surface area contributed by atoms with Crippen LogP contribution in [0.15, 0.2) is 0 Å². The second kappa shape index (κ2) is 3.83. The summed E-state index contributed by atoms with van der Waals surface area (Å²) in [7, 11) is 1.57. The summed E-state index contributed by atoms with van der Waals surface area (Å²) in [5.74, 6) is 0.0864. The van der Waals surface area contributed by atoms with Crippen LogP contribution in [0, 0.1) is 5.92 Å². The van der Waals surface area contributed by atoms with Crippen molar-refractivity contribution in [3.8, 4) is 0 Å². The van der Waals surface area contributed by atoms with E-state index in [1.54, 1.807) is 7.11 Å². The molecule has 1 aliphatic rings. The quantitative estimate of drug-likeness (QED) is 0.590. The Kier molecular flexibility index (Phi) is 3.02. The first-order valence-electron chi connectivity index (χ1n) is 3.94. The van der Waals surface area contributed by atoms with Gasteiger partial charge in [0.25, 0.3) is 0 Å². The van der Waals surface area contributed by atoms with E-state index < -0.39 is 0 Å². The standard InChI is InChI=1S/C8H14O3/c1-11-8-4-6(5-9)2-3-7(8)10/h5-8,10H,2-4H2,1H3. The molecule has 1 saturated carbocycles. The van der Waals surface area contributed by atoms with E-state index in [0.717, 1.165) is 12.7 Å². The fourth-order valence-electron chi connectivity index (χ4n) is 1.52. The molecule has 0 heterocycles. The van der Waals surface area contributed by atoms with Gasteiger partial charge in [-0.15, -0.1) is 0 Å². The van der Waals surface area contributed by atoms with Gasteiger partial charge in [-0.1, -0.05) is 0 Å². The van der Waals surface area contributed by atoms with Gasteiger partial charge in [0.1, 0.15) is 6.29 Å². The number of carbonyl (C=O) groups is 1. The van der Waals surface area contributed by atoms with Crippen molar-refractivity contribution in [1.29, 1.82) is 0 Å². The zero-order valence-electron chi connectivity index (χ0n) is 6.69. The SMILES string of the molecule is COC1CC(C=O)CCC1O. The van der Waals surface area contributed by atoms with Crippen LogP contribution in [0.5, 0.6) is 0 Å². The van der Waals surface area contributed by atoms with Crippen molar-refractivity contribution < 1.29 is 14.6 Å². The highest BCUT2D eigenvalue weighted by molar-refractivity contribution is 5.53. The van der Waals surface area contributed by atoms with E-state index in [1.807, 2.05) is 0 Å². The summed E-state index contributed by atoms with van der Waals surface area (Å²) in [6, 6.07) is 0. The maximum atomic E-state index is 10.4. The summed E-state index contributed by atoms with van der Waals surface area (Å²) in [6.45, 7) is 0. The maximum Gasteiger partial charge on any atom is 0.123 e. The second-order valence-electron chi connectivity index (χ2n) is 3.05. The average Bonchev–Trinajstić information content (AvgIpc) is 2.05. The zero-order valence-corrected chi connectivity index (χ0v) is 6.69. The molecule has 1 fully saturated rings. The van der Waals surface area contributed by atoms with E-state index in [-0.39, 0.29) is 18.1 Å². The third-order valence-electron chi connectivity index (χ3n) is 2.29. The van der Waals surface area contributed by atoms with Crippen molar-refractivity contribution in [2.45, 2.75) is 31.5 Å². The number of methoxy groups -OCH3 is 1. The zero-order chi connectivity index (χ0) is 8.27. The lowest BCUT2D eigenvalue weighted by Gasteiger charge is -2.29. The molecule has 0 spiro atoms. The topological polar surface area (TPSA) is 46.5 Å². The van der Waals surface area contributed by atoms with Crippen LogP contribution in [0.2, 0.25) is 0 Å². The van der Waals surface area contributed by atoms with Gasteiger partial charge in [0.15, 0.2) is 0 Å². The largest absolute Gasteiger partial charge is 0.390 e. The van der Waals surface area contributed by atoms with Crippen molar-refractivity contribution in [2.24, 2.45) is 5.92 Å². The van der Waals surface area contributed by atoms with Crippen molar-refractivity contribution >= 4 is 6.29 Å². The highest BCUT2D eigenvalue weighted by Gasteiger charge is 2.28. The highest BCUT2D eigenvalue weighted by atomic mass is 16.5. The predicted molar refractivity (Wildman–Crippen MR) is 40.2 cm³/mol. The van der Waals surface area contributed by atoms with Crippen molar-refractivity contribution in [1.82, 2.24) is 0 Å². The number of hydrogen-bond acceptors (Lipinski definition) is 3. The normalized spacial score (nSPS) is 38.5. The van der Waals surface area contributed by atoms with Crippen LogP contribution >= 0.6 is 0 Å². The van der Waals surface area contributed by atoms with E-state index in [0.29, 0.717) is 12.8 Å². The summed E-state index contributed by atoms with van der Waals surface area (Å²) >= 11 is 0. The van der Waals surface area contributed by atoms with Crippen LogP contribution in [0.1, 0.15) is 19.3 Å². The fourth-order valence-corrected chi connectivity index (χ4v) is 1.52. The van der Waals surface area contributed by atoms with Gasteiger partial charge in [0, 0.05) is 13.0 Å². The Bertz CT molecular complexity index is 135. The second-order valence-corrected chi connectivity index (χ2v) is 3.05. The Morgan fingerprint density at radius 3 is 2.82 bits per heavy atom. The minimum Gasteiger partial charge on any atom is -0.390 e. The first-order chi connectivity index (χ1) is 5.27. The molecule has 0 bridgehead atoms. The Morgan fingerprint density at radius 2 is 2.27 bits per heavy atom. The molecule has 0 aliphatic heterocycles. The van der Waals surface area contributed by atoms with Crippen LogP contribution in [0.3, 0.4) is 0 Å². The molecule has 0 aromatic carbocycles. The molecule has 1 N–H and O–H groups in total. The lowest BCUT2D eigenvalue weighted by molar-refractivity contribution is -0.116. The lowest BCUT2D eigenvalue weighted by atomic mass is 9.86. The number of rotatable bonds is 2. The predicted octanol–water partition coefficient (Wildman–Crippen LogP) is 0.361. The van der Waals surface area contributed by atoms with Gasteiger partial charge in [-0.3, -0.25) is 0 Å². The molecular weight excluding hydrogens is 144 g/mol. The molecule has 1 aliphatic carbocycles. The van der Waals surface area contributed by atoms with E-state index in [4.69, 9.17) is 4.74 Å². The summed E-state index contributed by atoms with van der Waals surface area (Å²) in [5.41, 5.74) is 0. The van der Waals surface area contributed by atoms with Gasteiger partial charge in [-0.05, 0) is 19.3 Å². The smallest absolute Gasteiger partial charge is 0.123 e. The molecule has 3 unspecified atom stereocenters. The van der Waals surface area contributed by atoms with Crippen LogP contribution < -0.4 is 0 Å². The summed E-state index contributed by atoms with van der Waals surface area (Å²) < 4.78 is 5.03. The number of aldehydes is 1. The van der Waals surface area contributed by atoms with Gasteiger partial charge < -0.3 is 14.6 Å². The summed E-state index contributed by atoms with van der Waals surface area (Å²) in [6.07, 6.45) is 2.58. The lowest BCUT2D eigenvalue weighted by Crippen LogP contribution is -2.35. The van der Waals surface area contributed by atoms with Crippen molar-refractivity contribution in [2.75, 3.05) is 7.11 Å². The van der Waals surface area contributed by atoms with E-state index in [1.165, 1.54) is 0 Å². The highest BCUT2D eigenvalue weighted by Crippen LogP contribution is 2.24. The first kappa shape index (κ1) is 8.68. The minimum absolute atomic E-state index is 0.0864. The molecule has 3 nitrogen and oxygen atoms in total. The molecule has 0 aromatic heterocycles. The van der Waals surface area contributed by atoms with Crippen molar-refractivity contribution in [3.63, 3.8) is 0 Å². The summed E-state index contributed by atoms with van der Waals surface area (Å²) in [5, 5.41) is 9.34. The molecule has 3 heteroatoms. The van der Waals surface area contributed by atoms with Crippen LogP contribution in [0.25, 0.3) is 0 Å². The maximum absolute atomic E-state index is 10.4.